The lowest BCUT2D eigenvalue weighted by atomic mass is 9.96. The topological polar surface area (TPSA) is 17.1 Å². The monoisotopic (exact) mass is 150 g/mol. The molecule has 0 N–H and O–H groups in total. The zero-order valence-electron chi connectivity index (χ0n) is 7.18. The highest BCUT2D eigenvalue weighted by Gasteiger charge is 2.06. The Labute approximate surface area is 67.8 Å². The van der Waals surface area contributed by atoms with Gasteiger partial charge in [-0.3, -0.25) is 4.79 Å². The fourth-order valence-corrected chi connectivity index (χ4v) is 1.25. The molecule has 60 valence electrons. The lowest BCUT2D eigenvalue weighted by Crippen LogP contribution is -1.99. The standard InChI is InChI=1S/C10H14O/c1-3-9-4-6-10(7-5-9)8(2)11/h4,7H,3,5-6H2,1-2H3. The molecule has 1 heteroatoms. The van der Waals surface area contributed by atoms with Crippen molar-refractivity contribution in [1.82, 2.24) is 0 Å². The van der Waals surface area contributed by atoms with Crippen LogP contribution >= 0.6 is 0 Å². The Balaban J connectivity index is 2.57. The van der Waals surface area contributed by atoms with Crippen LogP contribution in [0.5, 0.6) is 0 Å². The van der Waals surface area contributed by atoms with Gasteiger partial charge in [0.2, 0.25) is 0 Å². The van der Waals surface area contributed by atoms with Crippen LogP contribution in [0.1, 0.15) is 33.1 Å². The SMILES string of the molecule is CCC1=CCC(C(C)=O)=CC1. The molecule has 1 rings (SSSR count). The summed E-state index contributed by atoms with van der Waals surface area (Å²) in [4.78, 5) is 10.9. The van der Waals surface area contributed by atoms with Gasteiger partial charge in [0.15, 0.2) is 5.78 Å². The van der Waals surface area contributed by atoms with Gasteiger partial charge in [-0.15, -0.1) is 0 Å². The van der Waals surface area contributed by atoms with E-state index in [1.54, 1.807) is 6.92 Å². The number of ketones is 1. The van der Waals surface area contributed by atoms with Crippen LogP contribution < -0.4 is 0 Å². The van der Waals surface area contributed by atoms with E-state index < -0.39 is 0 Å². The van der Waals surface area contributed by atoms with Crippen LogP contribution in [0.25, 0.3) is 0 Å². The van der Waals surface area contributed by atoms with E-state index in [2.05, 4.69) is 19.1 Å². The van der Waals surface area contributed by atoms with E-state index in [0.29, 0.717) is 0 Å². The lowest BCUT2D eigenvalue weighted by molar-refractivity contribution is -0.113. The molecule has 0 aromatic rings. The van der Waals surface area contributed by atoms with Gasteiger partial charge in [0, 0.05) is 0 Å². The van der Waals surface area contributed by atoms with Gasteiger partial charge in [0.1, 0.15) is 0 Å². The third-order valence-corrected chi connectivity index (χ3v) is 2.13. The Morgan fingerprint density at radius 2 is 2.18 bits per heavy atom. The van der Waals surface area contributed by atoms with Crippen molar-refractivity contribution in [3.05, 3.63) is 23.3 Å². The number of allylic oxidation sites excluding steroid dienone is 4. The molecule has 0 fully saturated rings. The molecule has 0 saturated heterocycles. The zero-order chi connectivity index (χ0) is 8.27. The predicted molar refractivity (Wildman–Crippen MR) is 46.4 cm³/mol. The first-order chi connectivity index (χ1) is 5.24. The highest BCUT2D eigenvalue weighted by molar-refractivity contribution is 5.93. The highest BCUT2D eigenvalue weighted by atomic mass is 16.1. The van der Waals surface area contributed by atoms with Crippen molar-refractivity contribution in [1.29, 1.82) is 0 Å². The van der Waals surface area contributed by atoms with Crippen molar-refractivity contribution in [2.24, 2.45) is 0 Å². The van der Waals surface area contributed by atoms with Gasteiger partial charge in [0.25, 0.3) is 0 Å². The molecule has 0 heterocycles. The summed E-state index contributed by atoms with van der Waals surface area (Å²) in [6.45, 7) is 3.79. The molecule has 0 radical (unpaired) electrons. The molecule has 0 unspecified atom stereocenters. The summed E-state index contributed by atoms with van der Waals surface area (Å²) in [5.74, 6) is 0.219. The quantitative estimate of drug-likeness (QED) is 0.553. The second kappa shape index (κ2) is 3.51. The molecule has 1 nitrogen and oxygen atoms in total. The highest BCUT2D eigenvalue weighted by Crippen LogP contribution is 2.19. The van der Waals surface area contributed by atoms with Crippen molar-refractivity contribution >= 4 is 5.78 Å². The van der Waals surface area contributed by atoms with E-state index in [9.17, 15) is 4.79 Å². The first-order valence-electron chi connectivity index (χ1n) is 4.12. The molecule has 0 aliphatic heterocycles. The number of hydrogen-bond donors (Lipinski definition) is 0. The van der Waals surface area contributed by atoms with Crippen molar-refractivity contribution in [2.45, 2.75) is 33.1 Å². The minimum atomic E-state index is 0.219. The molecule has 0 aromatic carbocycles. The summed E-state index contributed by atoms with van der Waals surface area (Å²) in [7, 11) is 0. The van der Waals surface area contributed by atoms with Crippen LogP contribution in [0.3, 0.4) is 0 Å². The minimum Gasteiger partial charge on any atom is -0.295 e. The van der Waals surface area contributed by atoms with E-state index in [1.807, 2.05) is 0 Å². The second-order valence-corrected chi connectivity index (χ2v) is 2.91. The Hall–Kier alpha value is -0.850. The van der Waals surface area contributed by atoms with Crippen LogP contribution in [-0.2, 0) is 4.79 Å². The number of hydrogen-bond acceptors (Lipinski definition) is 1. The summed E-state index contributed by atoms with van der Waals surface area (Å²) >= 11 is 0. The van der Waals surface area contributed by atoms with E-state index in [1.165, 1.54) is 5.57 Å². The van der Waals surface area contributed by atoms with E-state index in [4.69, 9.17) is 0 Å². The van der Waals surface area contributed by atoms with Crippen LogP contribution in [0.15, 0.2) is 23.3 Å². The average Bonchev–Trinajstić information content (AvgIpc) is 2.05. The van der Waals surface area contributed by atoms with Crippen LogP contribution in [-0.4, -0.2) is 5.78 Å². The summed E-state index contributed by atoms with van der Waals surface area (Å²) in [6.07, 6.45) is 7.17. The Bertz CT molecular complexity index is 221. The summed E-state index contributed by atoms with van der Waals surface area (Å²) in [5, 5.41) is 0. The number of carbonyl (C=O) groups excluding carboxylic acids is 1. The Morgan fingerprint density at radius 1 is 1.45 bits per heavy atom. The molecular weight excluding hydrogens is 136 g/mol. The van der Waals surface area contributed by atoms with E-state index >= 15 is 0 Å². The van der Waals surface area contributed by atoms with Crippen LogP contribution in [0.2, 0.25) is 0 Å². The molecular formula is C10H14O. The molecule has 0 atom stereocenters. The van der Waals surface area contributed by atoms with Crippen molar-refractivity contribution < 1.29 is 4.79 Å². The smallest absolute Gasteiger partial charge is 0.155 e. The Kier molecular flexibility index (Phi) is 2.64. The molecule has 1 aliphatic rings. The fraction of sp³-hybridized carbons (Fsp3) is 0.500. The maximum absolute atomic E-state index is 10.9. The Morgan fingerprint density at radius 3 is 2.55 bits per heavy atom. The maximum Gasteiger partial charge on any atom is 0.155 e. The average molecular weight is 150 g/mol. The maximum atomic E-state index is 10.9. The van der Waals surface area contributed by atoms with Gasteiger partial charge in [-0.05, 0) is 31.8 Å². The fourth-order valence-electron chi connectivity index (χ4n) is 1.25. The number of Topliss-reactive ketones (excluding diaryl/α,β-unsaturated/α-hetero) is 1. The number of carbonyl (C=O) groups is 1. The normalized spacial score (nSPS) is 17.3. The van der Waals surface area contributed by atoms with Crippen molar-refractivity contribution in [3.8, 4) is 0 Å². The van der Waals surface area contributed by atoms with E-state index in [-0.39, 0.29) is 5.78 Å². The van der Waals surface area contributed by atoms with Crippen molar-refractivity contribution in [2.75, 3.05) is 0 Å². The van der Waals surface area contributed by atoms with Crippen LogP contribution in [0.4, 0.5) is 0 Å². The zero-order valence-corrected chi connectivity index (χ0v) is 7.18. The minimum absolute atomic E-state index is 0.219. The molecule has 0 amide bonds. The molecule has 0 spiro atoms. The molecule has 0 aromatic heterocycles. The molecule has 0 bridgehead atoms. The number of rotatable bonds is 2. The molecule has 0 saturated carbocycles. The largest absolute Gasteiger partial charge is 0.295 e. The predicted octanol–water partition coefficient (Wildman–Crippen LogP) is 2.63. The van der Waals surface area contributed by atoms with Gasteiger partial charge in [-0.1, -0.05) is 24.6 Å². The van der Waals surface area contributed by atoms with Gasteiger partial charge in [-0.25, -0.2) is 0 Å². The van der Waals surface area contributed by atoms with Crippen molar-refractivity contribution in [3.63, 3.8) is 0 Å². The van der Waals surface area contributed by atoms with Gasteiger partial charge in [0.05, 0.1) is 0 Å². The van der Waals surface area contributed by atoms with Crippen LogP contribution in [0, 0.1) is 0 Å². The summed E-state index contributed by atoms with van der Waals surface area (Å²) in [6, 6.07) is 0. The molecule has 1 aliphatic carbocycles. The first kappa shape index (κ1) is 8.25. The first-order valence-corrected chi connectivity index (χ1v) is 4.12. The van der Waals surface area contributed by atoms with Gasteiger partial charge < -0.3 is 0 Å². The third-order valence-electron chi connectivity index (χ3n) is 2.13. The molecule has 11 heavy (non-hydrogen) atoms. The lowest BCUT2D eigenvalue weighted by Gasteiger charge is -2.09. The van der Waals surface area contributed by atoms with Gasteiger partial charge in [-0.2, -0.15) is 0 Å². The second-order valence-electron chi connectivity index (χ2n) is 2.91. The summed E-state index contributed by atoms with van der Waals surface area (Å²) in [5.41, 5.74) is 2.43. The van der Waals surface area contributed by atoms with Gasteiger partial charge >= 0.3 is 0 Å². The summed E-state index contributed by atoms with van der Waals surface area (Å²) < 4.78 is 0. The third kappa shape index (κ3) is 2.04. The van der Waals surface area contributed by atoms with E-state index in [0.717, 1.165) is 24.8 Å².